The molecular weight excluding hydrogens is 262 g/mol. The minimum Gasteiger partial charge on any atom is -0.467 e. The summed E-state index contributed by atoms with van der Waals surface area (Å²) >= 11 is 1.63. The summed E-state index contributed by atoms with van der Waals surface area (Å²) in [6.07, 6.45) is 10.2. The number of hydrogen-bond donors (Lipinski definition) is 1. The zero-order chi connectivity index (χ0) is 14.5. The second-order valence-electron chi connectivity index (χ2n) is 4.26. The Bertz CT molecular complexity index is 292. The fraction of sp³-hybridized carbons (Fsp3) is 0.714. The number of carbonyl (C=O) groups excluding carboxylic acids is 2. The average molecular weight is 287 g/mol. The van der Waals surface area contributed by atoms with Gasteiger partial charge in [-0.05, 0) is 37.3 Å². The van der Waals surface area contributed by atoms with Crippen molar-refractivity contribution >= 4 is 23.6 Å². The van der Waals surface area contributed by atoms with Crippen LogP contribution in [0.2, 0.25) is 0 Å². The van der Waals surface area contributed by atoms with Gasteiger partial charge in [0, 0.05) is 0 Å². The van der Waals surface area contributed by atoms with Crippen molar-refractivity contribution in [3.8, 4) is 0 Å². The van der Waals surface area contributed by atoms with Crippen LogP contribution in [0.1, 0.15) is 39.0 Å². The summed E-state index contributed by atoms with van der Waals surface area (Å²) in [5.41, 5.74) is 0. The van der Waals surface area contributed by atoms with Gasteiger partial charge < -0.3 is 10.1 Å². The van der Waals surface area contributed by atoms with Gasteiger partial charge in [0.15, 0.2) is 0 Å². The standard InChI is InChI=1S/C14H25NO3S/c1-4-5-6-7-8-9-13(16)15-12(10-11-19-3)14(17)18-2/h8-9,12H,4-7,10-11H2,1-3H3,(H,15,16)/b9-8+. The van der Waals surface area contributed by atoms with E-state index in [2.05, 4.69) is 17.0 Å². The van der Waals surface area contributed by atoms with Crippen LogP contribution in [0.5, 0.6) is 0 Å². The minimum absolute atomic E-state index is 0.229. The zero-order valence-electron chi connectivity index (χ0n) is 12.1. The largest absolute Gasteiger partial charge is 0.467 e. The fourth-order valence-corrected chi connectivity index (χ4v) is 2.02. The molecule has 0 aromatic heterocycles. The molecule has 0 aliphatic rings. The molecule has 1 unspecified atom stereocenters. The van der Waals surface area contributed by atoms with E-state index in [1.54, 1.807) is 11.8 Å². The van der Waals surface area contributed by atoms with Gasteiger partial charge >= 0.3 is 5.97 Å². The van der Waals surface area contributed by atoms with Gasteiger partial charge in [0.05, 0.1) is 7.11 Å². The Morgan fingerprint density at radius 2 is 2.11 bits per heavy atom. The molecule has 1 N–H and O–H groups in total. The molecule has 19 heavy (non-hydrogen) atoms. The Labute approximate surface area is 120 Å². The summed E-state index contributed by atoms with van der Waals surface area (Å²) in [5, 5.41) is 2.68. The number of nitrogens with one attached hydrogen (secondary N) is 1. The lowest BCUT2D eigenvalue weighted by atomic mass is 10.2. The Balaban J connectivity index is 4.11. The first-order valence-corrected chi connectivity index (χ1v) is 8.08. The van der Waals surface area contributed by atoms with Crippen LogP contribution in [0.3, 0.4) is 0 Å². The van der Waals surface area contributed by atoms with Crippen LogP contribution in [0.4, 0.5) is 0 Å². The molecule has 4 nitrogen and oxygen atoms in total. The van der Waals surface area contributed by atoms with E-state index < -0.39 is 6.04 Å². The molecule has 0 saturated carbocycles. The van der Waals surface area contributed by atoms with E-state index in [1.807, 2.05) is 12.3 Å². The topological polar surface area (TPSA) is 55.4 Å². The highest BCUT2D eigenvalue weighted by Gasteiger charge is 2.19. The minimum atomic E-state index is -0.551. The van der Waals surface area contributed by atoms with Gasteiger partial charge in [-0.3, -0.25) is 4.79 Å². The Morgan fingerprint density at radius 3 is 2.68 bits per heavy atom. The van der Waals surface area contributed by atoms with E-state index in [1.165, 1.54) is 26.0 Å². The third kappa shape index (κ3) is 9.59. The molecule has 1 amide bonds. The molecule has 5 heteroatoms. The van der Waals surface area contributed by atoms with Crippen molar-refractivity contribution in [2.75, 3.05) is 19.1 Å². The highest BCUT2D eigenvalue weighted by Crippen LogP contribution is 2.03. The first-order valence-electron chi connectivity index (χ1n) is 6.69. The van der Waals surface area contributed by atoms with Crippen LogP contribution in [0, 0.1) is 0 Å². The number of esters is 1. The van der Waals surface area contributed by atoms with E-state index in [9.17, 15) is 9.59 Å². The number of methoxy groups -OCH3 is 1. The second kappa shape index (κ2) is 12.1. The van der Waals surface area contributed by atoms with Gasteiger partial charge in [-0.1, -0.05) is 25.8 Å². The maximum absolute atomic E-state index is 11.7. The maximum atomic E-state index is 11.7. The summed E-state index contributed by atoms with van der Waals surface area (Å²) in [6, 6.07) is -0.551. The van der Waals surface area contributed by atoms with E-state index >= 15 is 0 Å². The predicted molar refractivity (Wildman–Crippen MR) is 80.2 cm³/mol. The van der Waals surface area contributed by atoms with Crippen LogP contribution in [-0.4, -0.2) is 37.0 Å². The van der Waals surface area contributed by atoms with Gasteiger partial charge in [0.25, 0.3) is 0 Å². The van der Waals surface area contributed by atoms with Crippen molar-refractivity contribution in [1.29, 1.82) is 0 Å². The number of ether oxygens (including phenoxy) is 1. The molecule has 0 aromatic carbocycles. The SMILES string of the molecule is CCCCC/C=C/C(=O)NC(CCSC)C(=O)OC. The third-order valence-corrected chi connectivity index (χ3v) is 3.30. The van der Waals surface area contributed by atoms with Crippen LogP contribution >= 0.6 is 11.8 Å². The summed E-state index contributed by atoms with van der Waals surface area (Å²) in [7, 11) is 1.33. The van der Waals surface area contributed by atoms with Gasteiger partial charge in [0.2, 0.25) is 5.91 Å². The number of carbonyl (C=O) groups is 2. The van der Waals surface area contributed by atoms with Crippen molar-refractivity contribution in [1.82, 2.24) is 5.32 Å². The molecular formula is C14H25NO3S. The normalized spacial score (nSPS) is 12.4. The van der Waals surface area contributed by atoms with E-state index in [4.69, 9.17) is 0 Å². The third-order valence-electron chi connectivity index (χ3n) is 2.66. The van der Waals surface area contributed by atoms with E-state index in [0.29, 0.717) is 6.42 Å². The van der Waals surface area contributed by atoms with E-state index in [0.717, 1.165) is 18.6 Å². The molecule has 0 spiro atoms. The number of unbranched alkanes of at least 4 members (excludes halogenated alkanes) is 3. The molecule has 0 bridgehead atoms. The number of rotatable bonds is 10. The fourth-order valence-electron chi connectivity index (χ4n) is 1.55. The van der Waals surface area contributed by atoms with Crippen molar-refractivity contribution in [2.45, 2.75) is 45.1 Å². The molecule has 0 aliphatic heterocycles. The van der Waals surface area contributed by atoms with Gasteiger partial charge in [-0.2, -0.15) is 11.8 Å². The van der Waals surface area contributed by atoms with Gasteiger partial charge in [-0.25, -0.2) is 4.79 Å². The molecule has 0 saturated heterocycles. The summed E-state index contributed by atoms with van der Waals surface area (Å²) in [5.74, 6) is 0.190. The predicted octanol–water partition coefficient (Wildman–Crippen LogP) is 2.53. The Morgan fingerprint density at radius 1 is 1.37 bits per heavy atom. The Hall–Kier alpha value is -0.970. The van der Waals surface area contributed by atoms with Crippen LogP contribution in [-0.2, 0) is 14.3 Å². The molecule has 1 atom stereocenters. The lowest BCUT2D eigenvalue weighted by Crippen LogP contribution is -2.41. The Kier molecular flexibility index (Phi) is 11.5. The van der Waals surface area contributed by atoms with Gasteiger partial charge in [0.1, 0.15) is 6.04 Å². The molecule has 0 fully saturated rings. The van der Waals surface area contributed by atoms with Crippen molar-refractivity contribution in [3.63, 3.8) is 0 Å². The molecule has 0 heterocycles. The first-order chi connectivity index (χ1) is 9.15. The smallest absolute Gasteiger partial charge is 0.328 e. The summed E-state index contributed by atoms with van der Waals surface area (Å²) in [4.78, 5) is 23.2. The van der Waals surface area contributed by atoms with Crippen molar-refractivity contribution < 1.29 is 14.3 Å². The van der Waals surface area contributed by atoms with E-state index in [-0.39, 0.29) is 11.9 Å². The average Bonchev–Trinajstić information content (AvgIpc) is 2.42. The number of amides is 1. The second-order valence-corrected chi connectivity index (χ2v) is 5.25. The lowest BCUT2D eigenvalue weighted by molar-refractivity contribution is -0.144. The highest BCUT2D eigenvalue weighted by molar-refractivity contribution is 7.98. The molecule has 0 aliphatic carbocycles. The zero-order valence-corrected chi connectivity index (χ0v) is 12.9. The van der Waals surface area contributed by atoms with Crippen molar-refractivity contribution in [2.24, 2.45) is 0 Å². The maximum Gasteiger partial charge on any atom is 0.328 e. The van der Waals surface area contributed by atoms with Crippen molar-refractivity contribution in [3.05, 3.63) is 12.2 Å². The number of allylic oxidation sites excluding steroid dienone is 1. The molecule has 110 valence electrons. The van der Waals surface area contributed by atoms with Gasteiger partial charge in [-0.15, -0.1) is 0 Å². The molecule has 0 radical (unpaired) electrons. The van der Waals surface area contributed by atoms with Crippen LogP contribution in [0.25, 0.3) is 0 Å². The highest BCUT2D eigenvalue weighted by atomic mass is 32.2. The monoisotopic (exact) mass is 287 g/mol. The summed E-state index contributed by atoms with van der Waals surface area (Å²) in [6.45, 7) is 2.14. The number of thioether (sulfide) groups is 1. The first kappa shape index (κ1) is 18.0. The lowest BCUT2D eigenvalue weighted by Gasteiger charge is -2.14. The summed E-state index contributed by atoms with van der Waals surface area (Å²) < 4.78 is 4.68. The number of hydrogen-bond acceptors (Lipinski definition) is 4. The quantitative estimate of drug-likeness (QED) is 0.381. The molecule has 0 rings (SSSR count). The van der Waals surface area contributed by atoms with Crippen LogP contribution in [0.15, 0.2) is 12.2 Å². The van der Waals surface area contributed by atoms with Crippen LogP contribution < -0.4 is 5.32 Å². The molecule has 0 aromatic rings.